The number of hydrogen-bond donors (Lipinski definition) is 0. The minimum Gasteiger partial charge on any atom is -0.494 e. The van der Waals surface area contributed by atoms with E-state index in [9.17, 15) is 14.4 Å². The number of ether oxygens (including phenoxy) is 7. The van der Waals surface area contributed by atoms with Crippen LogP contribution in [-0.2, 0) is 19.0 Å². The Balaban J connectivity index is 1.02. The molecule has 0 bridgehead atoms. The minimum atomic E-state index is -0.592. The molecule has 0 radical (unpaired) electrons. The monoisotopic (exact) mass is 861 g/mol. The molecule has 1 aromatic heterocycles. The molecule has 2 unspecified atom stereocenters. The number of para-hydroxylation sites is 1. The molecule has 0 amide bonds. The van der Waals surface area contributed by atoms with Gasteiger partial charge >= 0.3 is 17.9 Å². The number of carbonyl (C=O) groups excluding carboxylic acids is 3. The lowest BCUT2D eigenvalue weighted by Crippen LogP contribution is -2.12. The first kappa shape index (κ1) is 45.2. The Morgan fingerprint density at radius 3 is 1.95 bits per heavy atom. The fourth-order valence-electron chi connectivity index (χ4n) is 6.02. The smallest absolute Gasteiger partial charge is 0.343 e. The van der Waals surface area contributed by atoms with Crippen molar-refractivity contribution in [2.24, 2.45) is 5.10 Å². The quantitative estimate of drug-likeness (QED) is 0.00762. The predicted octanol–water partition coefficient (Wildman–Crippen LogP) is 9.74. The van der Waals surface area contributed by atoms with Gasteiger partial charge in [0.05, 0.1) is 47.4 Å². The Kier molecular flexibility index (Phi) is 17.2. The highest BCUT2D eigenvalue weighted by molar-refractivity contribution is 7.22. The van der Waals surface area contributed by atoms with Crippen molar-refractivity contribution in [2.45, 2.75) is 63.8 Å². The molecule has 5 aromatic rings. The molecule has 0 aliphatic carbocycles. The molecule has 6 rings (SSSR count). The van der Waals surface area contributed by atoms with Crippen LogP contribution in [0.2, 0.25) is 0 Å². The van der Waals surface area contributed by atoms with E-state index in [0.29, 0.717) is 59.7 Å². The summed E-state index contributed by atoms with van der Waals surface area (Å²) < 4.78 is 40.2. The first-order valence-corrected chi connectivity index (χ1v) is 21.5. The van der Waals surface area contributed by atoms with Crippen molar-refractivity contribution in [1.29, 1.82) is 0 Å². The van der Waals surface area contributed by atoms with E-state index in [-0.39, 0.29) is 23.9 Å². The highest BCUT2D eigenvalue weighted by atomic mass is 32.1. The van der Waals surface area contributed by atoms with E-state index in [0.717, 1.165) is 67.7 Å². The summed E-state index contributed by atoms with van der Waals surface area (Å²) in [5, 5.41) is 6.87. The van der Waals surface area contributed by atoms with Crippen LogP contribution >= 0.6 is 11.3 Å². The third-order valence-electron chi connectivity index (χ3n) is 9.53. The first-order chi connectivity index (χ1) is 30.3. The van der Waals surface area contributed by atoms with Crippen molar-refractivity contribution in [2.75, 3.05) is 38.5 Å². The van der Waals surface area contributed by atoms with Gasteiger partial charge in [-0.25, -0.2) is 24.4 Å². The van der Waals surface area contributed by atoms with Crippen LogP contribution < -0.4 is 24.0 Å². The molecule has 1 aliphatic rings. The third-order valence-corrected chi connectivity index (χ3v) is 10.6. The Bertz CT molecular complexity index is 2260. The van der Waals surface area contributed by atoms with Gasteiger partial charge in [0.1, 0.15) is 29.1 Å². The van der Waals surface area contributed by atoms with Gasteiger partial charge in [0.15, 0.2) is 6.29 Å². The summed E-state index contributed by atoms with van der Waals surface area (Å²) in [4.78, 5) is 42.4. The van der Waals surface area contributed by atoms with E-state index in [4.69, 9.17) is 33.2 Å². The van der Waals surface area contributed by atoms with Crippen LogP contribution in [0.25, 0.3) is 10.2 Å². The highest BCUT2D eigenvalue weighted by Crippen LogP contribution is 2.30. The number of anilines is 1. The number of rotatable bonds is 26. The molecule has 2 heterocycles. The molecule has 13 nitrogen and oxygen atoms in total. The van der Waals surface area contributed by atoms with Crippen LogP contribution in [0.15, 0.2) is 121 Å². The molecule has 324 valence electrons. The number of unbranched alkanes of at least 4 members (excludes halogenated alkanes) is 6. The predicted molar refractivity (Wildman–Crippen MR) is 239 cm³/mol. The Morgan fingerprint density at radius 2 is 1.34 bits per heavy atom. The maximum Gasteiger partial charge on any atom is 0.343 e. The molecule has 0 saturated carbocycles. The summed E-state index contributed by atoms with van der Waals surface area (Å²) >= 11 is 1.49. The number of hydrazone groups is 1. The van der Waals surface area contributed by atoms with E-state index in [1.807, 2.05) is 24.3 Å². The van der Waals surface area contributed by atoms with Gasteiger partial charge in [-0.2, -0.15) is 5.10 Å². The van der Waals surface area contributed by atoms with Crippen LogP contribution in [-0.4, -0.2) is 75.0 Å². The highest BCUT2D eigenvalue weighted by Gasteiger charge is 2.36. The lowest BCUT2D eigenvalue weighted by Gasteiger charge is -2.12. The molecule has 1 saturated heterocycles. The summed E-state index contributed by atoms with van der Waals surface area (Å²) in [5.41, 5.74) is 1.91. The van der Waals surface area contributed by atoms with E-state index in [2.05, 4.69) is 23.2 Å². The molecular formula is C48H51N3O10S. The van der Waals surface area contributed by atoms with Crippen molar-refractivity contribution >= 4 is 50.8 Å². The zero-order valence-electron chi connectivity index (χ0n) is 34.8. The van der Waals surface area contributed by atoms with E-state index < -0.39 is 17.9 Å². The number of hydrogen-bond acceptors (Lipinski definition) is 14. The summed E-state index contributed by atoms with van der Waals surface area (Å²) in [6, 6.07) is 26.0. The number of thiazole rings is 1. The van der Waals surface area contributed by atoms with E-state index in [1.165, 1.54) is 17.6 Å². The van der Waals surface area contributed by atoms with Gasteiger partial charge in [-0.3, -0.25) is 0 Å². The van der Waals surface area contributed by atoms with Crippen LogP contribution in [0.5, 0.6) is 23.0 Å². The molecule has 14 heteroatoms. The van der Waals surface area contributed by atoms with Crippen molar-refractivity contribution in [3.05, 3.63) is 133 Å². The first-order valence-electron chi connectivity index (χ1n) is 20.7. The van der Waals surface area contributed by atoms with Crippen molar-refractivity contribution in [3.63, 3.8) is 0 Å². The van der Waals surface area contributed by atoms with Crippen LogP contribution in [0.4, 0.5) is 5.13 Å². The second-order valence-corrected chi connectivity index (χ2v) is 15.2. The number of carbonyl (C=O) groups is 3. The Labute approximate surface area is 365 Å². The minimum absolute atomic E-state index is 0.0335. The van der Waals surface area contributed by atoms with Gasteiger partial charge in [-0.05, 0) is 124 Å². The number of nitrogens with zero attached hydrogens (tertiary/aromatic N) is 3. The van der Waals surface area contributed by atoms with Gasteiger partial charge in [0, 0.05) is 25.3 Å². The lowest BCUT2D eigenvalue weighted by molar-refractivity contribution is -0.137. The Hall–Kier alpha value is -6.35. The van der Waals surface area contributed by atoms with Gasteiger partial charge in [-0.15, -0.1) is 6.58 Å². The van der Waals surface area contributed by atoms with E-state index >= 15 is 0 Å². The average Bonchev–Trinajstić information content (AvgIpc) is 3.92. The number of benzene rings is 4. The average molecular weight is 862 g/mol. The van der Waals surface area contributed by atoms with Crippen LogP contribution in [0.3, 0.4) is 0 Å². The maximum absolute atomic E-state index is 13.4. The summed E-state index contributed by atoms with van der Waals surface area (Å²) in [5.74, 6) is 0.144. The standard InChI is InChI=1S/C48H51N3O10S/c1-4-41-47(61-41)58-31-15-9-7-13-29-55-37-22-18-34(19-23-37)45(53)59-39-26-27-42(36(32-39)33-49-51(3)48-50-40-16-10-11-17-43(40)62-48)60-46(54)35-20-24-38(25-21-35)56-28-12-6-8-14-30-57-44(52)5-2/h4-5,10-11,16-27,32-33,41,47H,1-2,6-9,12-15,28-31H2,3H3/b49-33+. The van der Waals surface area contributed by atoms with Gasteiger partial charge in [-0.1, -0.05) is 42.5 Å². The number of aromatic nitrogens is 1. The summed E-state index contributed by atoms with van der Waals surface area (Å²) in [7, 11) is 1.77. The molecule has 62 heavy (non-hydrogen) atoms. The third kappa shape index (κ3) is 14.1. The SMILES string of the molecule is C=CC(=O)OCCCCCCOc1ccc(C(=O)Oc2ccc(OC(=O)c3ccc(OCCCCCCOC4OC4C=C)cc3)cc2/C=N/N(C)c2nc3ccccc3s2)cc1. The fraction of sp³-hybridized carbons (Fsp3) is 0.312. The van der Waals surface area contributed by atoms with Gasteiger partial charge in [0.25, 0.3) is 0 Å². The molecule has 1 aliphatic heterocycles. The number of epoxide rings is 1. The van der Waals surface area contributed by atoms with Gasteiger partial charge in [0.2, 0.25) is 5.13 Å². The fourth-order valence-corrected chi connectivity index (χ4v) is 6.90. The topological polar surface area (TPSA) is 148 Å². The van der Waals surface area contributed by atoms with Gasteiger partial charge < -0.3 is 33.2 Å². The normalized spacial score (nSPS) is 14.3. The summed E-state index contributed by atoms with van der Waals surface area (Å²) in [6.45, 7) is 9.18. The molecule has 0 N–H and O–H groups in total. The summed E-state index contributed by atoms with van der Waals surface area (Å²) in [6.07, 6.45) is 11.7. The van der Waals surface area contributed by atoms with Crippen molar-refractivity contribution in [3.8, 4) is 23.0 Å². The maximum atomic E-state index is 13.4. The van der Waals surface area contributed by atoms with Crippen molar-refractivity contribution in [1.82, 2.24) is 4.98 Å². The number of fused-ring (bicyclic) bond motifs is 1. The molecule has 0 spiro atoms. The largest absolute Gasteiger partial charge is 0.494 e. The molecule has 1 fully saturated rings. The second-order valence-electron chi connectivity index (χ2n) is 14.2. The molecular weight excluding hydrogens is 811 g/mol. The van der Waals surface area contributed by atoms with E-state index in [1.54, 1.807) is 84.9 Å². The van der Waals surface area contributed by atoms with Crippen LogP contribution in [0.1, 0.15) is 77.6 Å². The number of esters is 3. The zero-order valence-corrected chi connectivity index (χ0v) is 35.6. The van der Waals surface area contributed by atoms with Crippen LogP contribution in [0, 0.1) is 0 Å². The zero-order chi connectivity index (χ0) is 43.5. The lowest BCUT2D eigenvalue weighted by atomic mass is 10.2. The second kappa shape index (κ2) is 23.6. The molecule has 4 aromatic carbocycles. The molecule has 2 atom stereocenters. The van der Waals surface area contributed by atoms with Crippen molar-refractivity contribution < 1.29 is 47.5 Å². The Morgan fingerprint density at radius 1 is 0.742 bits per heavy atom.